The van der Waals surface area contributed by atoms with E-state index in [1.165, 1.54) is 4.90 Å². The van der Waals surface area contributed by atoms with Crippen LogP contribution in [0.4, 0.5) is 5.69 Å². The number of β-lactam (4-membered cyclic amide) rings is 1. The highest BCUT2D eigenvalue weighted by molar-refractivity contribution is 6.10. The van der Waals surface area contributed by atoms with Crippen molar-refractivity contribution < 1.29 is 19.1 Å². The number of esters is 1. The van der Waals surface area contributed by atoms with Crippen molar-refractivity contribution in [3.05, 3.63) is 24.3 Å². The lowest BCUT2D eigenvalue weighted by Gasteiger charge is -2.43. The van der Waals surface area contributed by atoms with Gasteiger partial charge in [0.25, 0.3) is 0 Å². The van der Waals surface area contributed by atoms with Crippen molar-refractivity contribution in [3.8, 4) is 5.75 Å². The number of hydrogen-bond donors (Lipinski definition) is 0. The summed E-state index contributed by atoms with van der Waals surface area (Å²) in [7, 11) is 1.58. The van der Waals surface area contributed by atoms with Gasteiger partial charge >= 0.3 is 5.97 Å². The van der Waals surface area contributed by atoms with Gasteiger partial charge in [-0.15, -0.1) is 0 Å². The summed E-state index contributed by atoms with van der Waals surface area (Å²) in [6.45, 7) is 4.20. The molecule has 1 aromatic carbocycles. The highest BCUT2D eigenvalue weighted by atomic mass is 16.5. The number of rotatable bonds is 6. The zero-order valence-corrected chi connectivity index (χ0v) is 12.7. The van der Waals surface area contributed by atoms with Gasteiger partial charge in [-0.2, -0.15) is 0 Å². The zero-order valence-electron chi connectivity index (χ0n) is 12.7. The highest BCUT2D eigenvalue weighted by Crippen LogP contribution is 2.34. The van der Waals surface area contributed by atoms with Crippen molar-refractivity contribution in [1.82, 2.24) is 0 Å². The number of carbonyl (C=O) groups is 2. The Labute approximate surface area is 124 Å². The van der Waals surface area contributed by atoms with E-state index in [-0.39, 0.29) is 17.8 Å². The van der Waals surface area contributed by atoms with Crippen LogP contribution in [0, 0.1) is 5.92 Å². The van der Waals surface area contributed by atoms with Gasteiger partial charge in [-0.05, 0) is 30.7 Å². The molecular formula is C16H21NO4. The quantitative estimate of drug-likeness (QED) is 0.459. The molecule has 2 rings (SSSR count). The van der Waals surface area contributed by atoms with E-state index < -0.39 is 6.04 Å². The van der Waals surface area contributed by atoms with E-state index in [4.69, 9.17) is 9.47 Å². The number of methoxy groups -OCH3 is 1. The van der Waals surface area contributed by atoms with Gasteiger partial charge in [-0.25, -0.2) is 4.79 Å². The molecule has 5 heteroatoms. The van der Waals surface area contributed by atoms with Crippen LogP contribution in [0.3, 0.4) is 0 Å². The number of benzene rings is 1. The Hall–Kier alpha value is -2.04. The van der Waals surface area contributed by atoms with Gasteiger partial charge in [-0.3, -0.25) is 9.69 Å². The molecule has 0 spiro atoms. The molecule has 0 N–H and O–H groups in total. The summed E-state index contributed by atoms with van der Waals surface area (Å²) in [6, 6.07) is 6.56. The zero-order chi connectivity index (χ0) is 15.4. The third-order valence-electron chi connectivity index (χ3n) is 3.71. The minimum atomic E-state index is -0.525. The Morgan fingerprint density at radius 3 is 2.52 bits per heavy atom. The van der Waals surface area contributed by atoms with Gasteiger partial charge in [0.15, 0.2) is 0 Å². The van der Waals surface area contributed by atoms with Crippen molar-refractivity contribution >= 4 is 17.6 Å². The Kier molecular flexibility index (Phi) is 4.83. The molecule has 0 aliphatic carbocycles. The summed E-state index contributed by atoms with van der Waals surface area (Å²) in [5.41, 5.74) is 0.691. The molecule has 0 aromatic heterocycles. The van der Waals surface area contributed by atoms with Crippen molar-refractivity contribution in [2.45, 2.75) is 32.7 Å². The number of ether oxygens (including phenoxy) is 2. The smallest absolute Gasteiger partial charge is 0.330 e. The molecule has 1 aliphatic rings. The molecule has 1 heterocycles. The SMILES string of the molecule is CCCCOC(=O)C1C(C)C(=O)N1c1ccc(OC)cc1. The third kappa shape index (κ3) is 3.01. The Morgan fingerprint density at radius 1 is 1.29 bits per heavy atom. The lowest BCUT2D eigenvalue weighted by atomic mass is 9.88. The molecule has 5 nitrogen and oxygen atoms in total. The highest BCUT2D eigenvalue weighted by Gasteiger charge is 2.50. The average Bonchev–Trinajstić information content (AvgIpc) is 2.51. The lowest BCUT2D eigenvalue weighted by Crippen LogP contribution is -2.64. The normalized spacial score (nSPS) is 20.9. The molecule has 1 fully saturated rings. The molecular weight excluding hydrogens is 270 g/mol. The lowest BCUT2D eigenvalue weighted by molar-refractivity contribution is -0.153. The molecule has 114 valence electrons. The van der Waals surface area contributed by atoms with E-state index in [0.29, 0.717) is 18.0 Å². The molecule has 1 amide bonds. The van der Waals surface area contributed by atoms with Crippen LogP contribution >= 0.6 is 0 Å². The second-order valence-electron chi connectivity index (χ2n) is 5.16. The van der Waals surface area contributed by atoms with Crippen LogP contribution in [0.1, 0.15) is 26.7 Å². The van der Waals surface area contributed by atoms with Gasteiger partial charge in [0.05, 0.1) is 19.6 Å². The maximum Gasteiger partial charge on any atom is 0.330 e. The molecule has 0 bridgehead atoms. The monoisotopic (exact) mass is 291 g/mol. The first-order valence-electron chi connectivity index (χ1n) is 7.24. The minimum Gasteiger partial charge on any atom is -0.497 e. The van der Waals surface area contributed by atoms with E-state index in [9.17, 15) is 9.59 Å². The average molecular weight is 291 g/mol. The van der Waals surface area contributed by atoms with Gasteiger partial charge < -0.3 is 9.47 Å². The van der Waals surface area contributed by atoms with Crippen molar-refractivity contribution in [3.63, 3.8) is 0 Å². The van der Waals surface area contributed by atoms with Crippen molar-refractivity contribution in [1.29, 1.82) is 0 Å². The maximum atomic E-state index is 12.1. The summed E-state index contributed by atoms with van der Waals surface area (Å²) in [4.78, 5) is 25.7. The molecule has 1 aromatic rings. The molecule has 21 heavy (non-hydrogen) atoms. The number of anilines is 1. The summed E-state index contributed by atoms with van der Waals surface area (Å²) < 4.78 is 10.3. The van der Waals surface area contributed by atoms with E-state index in [0.717, 1.165) is 12.8 Å². The van der Waals surface area contributed by atoms with Gasteiger partial charge in [0.2, 0.25) is 5.91 Å². The van der Waals surface area contributed by atoms with Gasteiger partial charge in [0, 0.05) is 5.69 Å². The van der Waals surface area contributed by atoms with E-state index >= 15 is 0 Å². The Morgan fingerprint density at radius 2 is 1.95 bits per heavy atom. The topological polar surface area (TPSA) is 55.8 Å². The summed E-state index contributed by atoms with van der Waals surface area (Å²) in [5, 5.41) is 0. The van der Waals surface area contributed by atoms with Crippen molar-refractivity contribution in [2.24, 2.45) is 5.92 Å². The minimum absolute atomic E-state index is 0.0578. The summed E-state index contributed by atoms with van der Waals surface area (Å²) >= 11 is 0. The first-order valence-corrected chi connectivity index (χ1v) is 7.24. The number of amides is 1. The Balaban J connectivity index is 2.09. The second-order valence-corrected chi connectivity index (χ2v) is 5.16. The van der Waals surface area contributed by atoms with Crippen LogP contribution in [0.5, 0.6) is 5.75 Å². The Bertz CT molecular complexity index is 512. The van der Waals surface area contributed by atoms with Gasteiger partial charge in [0.1, 0.15) is 11.8 Å². The van der Waals surface area contributed by atoms with Crippen LogP contribution < -0.4 is 9.64 Å². The molecule has 1 aliphatic heterocycles. The van der Waals surface area contributed by atoms with Crippen LogP contribution in [0.15, 0.2) is 24.3 Å². The molecule has 2 atom stereocenters. The summed E-state index contributed by atoms with van der Waals surface area (Å²) in [5.74, 6) is -0.00736. The molecule has 1 saturated heterocycles. The van der Waals surface area contributed by atoms with Crippen LogP contribution in [-0.2, 0) is 14.3 Å². The number of unbranched alkanes of at least 4 members (excludes halogenated alkanes) is 1. The van der Waals surface area contributed by atoms with Crippen molar-refractivity contribution in [2.75, 3.05) is 18.6 Å². The second kappa shape index (κ2) is 6.61. The first-order chi connectivity index (χ1) is 10.1. The molecule has 2 unspecified atom stereocenters. The predicted molar refractivity (Wildman–Crippen MR) is 79.3 cm³/mol. The number of hydrogen-bond acceptors (Lipinski definition) is 4. The van der Waals surface area contributed by atoms with Crippen LogP contribution in [-0.4, -0.2) is 31.6 Å². The van der Waals surface area contributed by atoms with Crippen LogP contribution in [0.2, 0.25) is 0 Å². The first kappa shape index (κ1) is 15.4. The predicted octanol–water partition coefficient (Wildman–Crippen LogP) is 2.39. The van der Waals surface area contributed by atoms with Crippen LogP contribution in [0.25, 0.3) is 0 Å². The van der Waals surface area contributed by atoms with E-state index in [1.807, 2.05) is 6.92 Å². The number of carbonyl (C=O) groups excluding carboxylic acids is 2. The fourth-order valence-corrected chi connectivity index (χ4v) is 2.38. The standard InChI is InChI=1S/C16H21NO4/c1-4-5-10-21-16(19)14-11(2)15(18)17(14)12-6-8-13(20-3)9-7-12/h6-9,11,14H,4-5,10H2,1-3H3. The molecule has 0 saturated carbocycles. The van der Waals surface area contributed by atoms with E-state index in [1.54, 1.807) is 38.3 Å². The van der Waals surface area contributed by atoms with Gasteiger partial charge in [-0.1, -0.05) is 20.3 Å². The fourth-order valence-electron chi connectivity index (χ4n) is 2.38. The van der Waals surface area contributed by atoms with E-state index in [2.05, 4.69) is 0 Å². The maximum absolute atomic E-state index is 12.1. The molecule has 0 radical (unpaired) electrons. The largest absolute Gasteiger partial charge is 0.497 e. The fraction of sp³-hybridized carbons (Fsp3) is 0.500. The number of nitrogens with zero attached hydrogens (tertiary/aromatic N) is 1. The summed E-state index contributed by atoms with van der Waals surface area (Å²) in [6.07, 6.45) is 1.80. The third-order valence-corrected chi connectivity index (χ3v) is 3.71.